The van der Waals surface area contributed by atoms with E-state index >= 15 is 0 Å². The van der Waals surface area contributed by atoms with Gasteiger partial charge in [0.05, 0.1) is 6.61 Å². The van der Waals surface area contributed by atoms with Crippen LogP contribution in [0.3, 0.4) is 0 Å². The molecular formula is C3H7KO2. The molecule has 0 heterocycles. The minimum atomic E-state index is 0. The van der Waals surface area contributed by atoms with Crippen LogP contribution in [-0.4, -0.2) is 64.5 Å². The summed E-state index contributed by atoms with van der Waals surface area (Å²) in [7, 11) is 0. The molecule has 2 nitrogen and oxygen atoms in total. The number of rotatable bonds is 2. The standard InChI is InChI=1S/C3H6O2.K.H/c1-2-5-3-4;;/h3H,2H2,1H3;;. The second kappa shape index (κ2) is 9.44. The summed E-state index contributed by atoms with van der Waals surface area (Å²) < 4.78 is 4.15. The molecule has 32 valence electrons. The molecule has 0 aromatic rings. The quantitative estimate of drug-likeness (QED) is 0.358. The second-order valence-electron chi connectivity index (χ2n) is 0.552. The molecular weight excluding hydrogens is 107 g/mol. The molecule has 0 N–H and O–H groups in total. The van der Waals surface area contributed by atoms with Gasteiger partial charge in [-0.3, -0.25) is 4.79 Å². The zero-order chi connectivity index (χ0) is 4.12. The number of carbonyl (C=O) groups is 1. The van der Waals surface area contributed by atoms with Crippen molar-refractivity contribution >= 4 is 57.9 Å². The summed E-state index contributed by atoms with van der Waals surface area (Å²) in [5.74, 6) is 0. The number of ether oxygens (including phenoxy) is 1. The third-order valence-corrected chi connectivity index (χ3v) is 0.235. The van der Waals surface area contributed by atoms with Gasteiger partial charge in [-0.2, -0.15) is 0 Å². The van der Waals surface area contributed by atoms with Gasteiger partial charge in [0.1, 0.15) is 0 Å². The van der Waals surface area contributed by atoms with E-state index in [1.165, 1.54) is 0 Å². The number of carbonyl (C=O) groups excluding carboxylic acids is 1. The molecule has 0 aliphatic carbocycles. The number of hydrogen-bond acceptors (Lipinski definition) is 2. The molecule has 0 unspecified atom stereocenters. The molecule has 3 heteroatoms. The van der Waals surface area contributed by atoms with Crippen LogP contribution in [-0.2, 0) is 9.53 Å². The molecule has 0 saturated carbocycles. The van der Waals surface area contributed by atoms with Crippen molar-refractivity contribution in [3.05, 3.63) is 0 Å². The molecule has 0 fully saturated rings. The molecule has 0 spiro atoms. The molecule has 0 atom stereocenters. The van der Waals surface area contributed by atoms with Crippen molar-refractivity contribution in [2.75, 3.05) is 6.61 Å². The van der Waals surface area contributed by atoms with Crippen molar-refractivity contribution in [2.45, 2.75) is 6.92 Å². The van der Waals surface area contributed by atoms with Crippen LogP contribution in [0.15, 0.2) is 0 Å². The van der Waals surface area contributed by atoms with E-state index in [0.717, 1.165) is 0 Å². The van der Waals surface area contributed by atoms with Gasteiger partial charge in [-0.05, 0) is 6.92 Å². The van der Waals surface area contributed by atoms with Gasteiger partial charge in [0, 0.05) is 0 Å². The van der Waals surface area contributed by atoms with Gasteiger partial charge in [-0.1, -0.05) is 0 Å². The van der Waals surface area contributed by atoms with E-state index in [2.05, 4.69) is 4.74 Å². The van der Waals surface area contributed by atoms with Crippen LogP contribution in [0.5, 0.6) is 0 Å². The molecule has 0 bridgehead atoms. The third-order valence-electron chi connectivity index (χ3n) is 0.235. The fourth-order valence-corrected chi connectivity index (χ4v) is 0.0680. The molecule has 0 radical (unpaired) electrons. The van der Waals surface area contributed by atoms with E-state index in [0.29, 0.717) is 13.1 Å². The Bertz CT molecular complexity index is 30.0. The Kier molecular flexibility index (Phi) is 16.0. The van der Waals surface area contributed by atoms with Crippen molar-refractivity contribution in [3.8, 4) is 0 Å². The molecule has 0 aromatic carbocycles. The first-order chi connectivity index (χ1) is 2.41. The van der Waals surface area contributed by atoms with Crippen molar-refractivity contribution in [3.63, 3.8) is 0 Å². The van der Waals surface area contributed by atoms with Gasteiger partial charge in [0.25, 0.3) is 6.47 Å². The first kappa shape index (κ1) is 10.2. The predicted octanol–water partition coefficient (Wildman–Crippen LogP) is -0.469. The van der Waals surface area contributed by atoms with Gasteiger partial charge in [0.2, 0.25) is 0 Å². The van der Waals surface area contributed by atoms with Crippen LogP contribution in [0.1, 0.15) is 6.92 Å². The van der Waals surface area contributed by atoms with E-state index in [9.17, 15) is 4.79 Å². The van der Waals surface area contributed by atoms with E-state index < -0.39 is 0 Å². The van der Waals surface area contributed by atoms with Crippen LogP contribution in [0.4, 0.5) is 0 Å². The first-order valence-electron chi connectivity index (χ1n) is 1.47. The SMILES string of the molecule is CCOC=O.[KH]. The number of hydrogen-bond donors (Lipinski definition) is 0. The van der Waals surface area contributed by atoms with Crippen molar-refractivity contribution in [1.82, 2.24) is 0 Å². The van der Waals surface area contributed by atoms with Gasteiger partial charge in [-0.15, -0.1) is 0 Å². The van der Waals surface area contributed by atoms with E-state index in [4.69, 9.17) is 0 Å². The summed E-state index contributed by atoms with van der Waals surface area (Å²) in [6, 6.07) is 0. The fraction of sp³-hybridized carbons (Fsp3) is 0.667. The maximum atomic E-state index is 9.18. The normalized spacial score (nSPS) is 5.50. The van der Waals surface area contributed by atoms with Crippen LogP contribution in [0.2, 0.25) is 0 Å². The average molecular weight is 114 g/mol. The summed E-state index contributed by atoms with van der Waals surface area (Å²) in [6.07, 6.45) is 0. The van der Waals surface area contributed by atoms with Gasteiger partial charge < -0.3 is 4.74 Å². The molecule has 0 rings (SSSR count). The van der Waals surface area contributed by atoms with Crippen molar-refractivity contribution in [2.24, 2.45) is 0 Å². The van der Waals surface area contributed by atoms with Gasteiger partial charge in [-0.25, -0.2) is 0 Å². The van der Waals surface area contributed by atoms with Crippen LogP contribution in [0, 0.1) is 0 Å². The van der Waals surface area contributed by atoms with Gasteiger partial charge >= 0.3 is 51.4 Å². The summed E-state index contributed by atoms with van der Waals surface area (Å²) >= 11 is 0. The predicted molar refractivity (Wildman–Crippen MR) is 24.8 cm³/mol. The molecule has 0 amide bonds. The average Bonchev–Trinajstić information content (AvgIpc) is 1.41. The topological polar surface area (TPSA) is 26.3 Å². The Balaban J connectivity index is 0. The van der Waals surface area contributed by atoms with Crippen LogP contribution < -0.4 is 0 Å². The summed E-state index contributed by atoms with van der Waals surface area (Å²) in [4.78, 5) is 9.18. The molecule has 6 heavy (non-hydrogen) atoms. The van der Waals surface area contributed by atoms with E-state index in [-0.39, 0.29) is 51.4 Å². The maximum absolute atomic E-state index is 9.18. The Morgan fingerprint density at radius 3 is 2.33 bits per heavy atom. The Hall–Kier alpha value is 1.11. The summed E-state index contributed by atoms with van der Waals surface area (Å²) in [5, 5.41) is 0. The van der Waals surface area contributed by atoms with Gasteiger partial charge in [0.15, 0.2) is 0 Å². The monoisotopic (exact) mass is 114 g/mol. The van der Waals surface area contributed by atoms with Crippen molar-refractivity contribution < 1.29 is 9.53 Å². The summed E-state index contributed by atoms with van der Waals surface area (Å²) in [5.41, 5.74) is 0. The first-order valence-corrected chi connectivity index (χ1v) is 1.47. The Morgan fingerprint density at radius 2 is 2.33 bits per heavy atom. The van der Waals surface area contributed by atoms with E-state index in [1.807, 2.05) is 0 Å². The second-order valence-corrected chi connectivity index (χ2v) is 0.552. The van der Waals surface area contributed by atoms with E-state index in [1.54, 1.807) is 6.92 Å². The molecule has 0 aliphatic rings. The molecule has 0 saturated heterocycles. The zero-order valence-corrected chi connectivity index (χ0v) is 3.10. The fourth-order valence-electron chi connectivity index (χ4n) is 0.0680. The zero-order valence-electron chi connectivity index (χ0n) is 3.10. The third kappa shape index (κ3) is 8.92. The molecule has 0 aromatic heterocycles. The Morgan fingerprint density at radius 1 is 1.83 bits per heavy atom. The van der Waals surface area contributed by atoms with Crippen molar-refractivity contribution in [1.29, 1.82) is 0 Å². The minimum absolute atomic E-state index is 0. The molecule has 0 aliphatic heterocycles. The summed E-state index contributed by atoms with van der Waals surface area (Å²) in [6.45, 7) is 2.66. The van der Waals surface area contributed by atoms with Crippen LogP contribution >= 0.6 is 0 Å². The Labute approximate surface area is 79.7 Å². The van der Waals surface area contributed by atoms with Crippen LogP contribution in [0.25, 0.3) is 0 Å².